The van der Waals surface area contributed by atoms with E-state index in [1.807, 2.05) is 0 Å². The molecule has 0 fully saturated rings. The van der Waals surface area contributed by atoms with Crippen LogP contribution in [0, 0.1) is 5.92 Å². The van der Waals surface area contributed by atoms with E-state index in [9.17, 15) is 31.1 Å². The molecule has 9 heteroatoms. The predicted octanol–water partition coefficient (Wildman–Crippen LogP) is 1.22. The van der Waals surface area contributed by atoms with Gasteiger partial charge < -0.3 is 10.4 Å². The molecular formula is C7H9F6NO2. The van der Waals surface area contributed by atoms with Crippen LogP contribution in [-0.2, 0) is 4.79 Å². The molecule has 96 valence electrons. The third-order valence-corrected chi connectivity index (χ3v) is 1.49. The maximum Gasteiger partial charge on any atom is 0.409 e. The number of aliphatic hydroxyl groups is 1. The molecule has 0 bridgehead atoms. The Morgan fingerprint density at radius 2 is 1.56 bits per heavy atom. The second-order valence-electron chi connectivity index (χ2n) is 3.11. The number of aliphatic hydroxyl groups excluding tert-OH is 1. The van der Waals surface area contributed by atoms with Crippen LogP contribution in [0.4, 0.5) is 26.3 Å². The quantitative estimate of drug-likeness (QED) is 0.743. The van der Waals surface area contributed by atoms with Gasteiger partial charge >= 0.3 is 12.4 Å². The maximum absolute atomic E-state index is 11.9. The summed E-state index contributed by atoms with van der Waals surface area (Å²) in [6, 6.07) is 0. The van der Waals surface area contributed by atoms with Crippen molar-refractivity contribution < 1.29 is 36.2 Å². The largest absolute Gasteiger partial charge is 0.409 e. The lowest BCUT2D eigenvalue weighted by Crippen LogP contribution is -2.49. The number of hydrogen-bond donors (Lipinski definition) is 2. The number of halogens is 6. The molecule has 0 aromatic rings. The molecular weight excluding hydrogens is 244 g/mol. The summed E-state index contributed by atoms with van der Waals surface area (Å²) in [4.78, 5) is 10.7. The normalized spacial score (nSPS) is 15.1. The van der Waals surface area contributed by atoms with Crippen LogP contribution in [0.1, 0.15) is 6.92 Å². The topological polar surface area (TPSA) is 49.3 Å². The fourth-order valence-corrected chi connectivity index (χ4v) is 0.833. The first-order chi connectivity index (χ1) is 6.96. The van der Waals surface area contributed by atoms with E-state index in [4.69, 9.17) is 5.11 Å². The number of carbonyl (C=O) groups is 1. The van der Waals surface area contributed by atoms with E-state index in [0.717, 1.165) is 6.92 Å². The molecule has 3 nitrogen and oxygen atoms in total. The summed E-state index contributed by atoms with van der Waals surface area (Å²) in [6.45, 7) is 0.429. The first kappa shape index (κ1) is 15.0. The van der Waals surface area contributed by atoms with Crippen molar-refractivity contribution in [2.75, 3.05) is 6.54 Å². The lowest BCUT2D eigenvalue weighted by atomic mass is 10.1. The highest BCUT2D eigenvalue weighted by molar-refractivity contribution is 5.80. The van der Waals surface area contributed by atoms with E-state index >= 15 is 0 Å². The molecule has 0 aromatic carbocycles. The molecule has 0 aliphatic heterocycles. The summed E-state index contributed by atoms with van der Waals surface area (Å²) < 4.78 is 71.7. The fourth-order valence-electron chi connectivity index (χ4n) is 0.833. The maximum atomic E-state index is 11.9. The SMILES string of the molecule is CC(O)CNC(=O)C(C(F)(F)F)C(F)(F)F. The first-order valence-electron chi connectivity index (χ1n) is 4.05. The average molecular weight is 253 g/mol. The molecule has 0 aliphatic carbocycles. The van der Waals surface area contributed by atoms with Gasteiger partial charge in [0.1, 0.15) is 0 Å². The number of hydrogen-bond acceptors (Lipinski definition) is 2. The zero-order valence-corrected chi connectivity index (χ0v) is 7.99. The lowest BCUT2D eigenvalue weighted by molar-refractivity contribution is -0.274. The number of rotatable bonds is 3. The molecule has 16 heavy (non-hydrogen) atoms. The summed E-state index contributed by atoms with van der Waals surface area (Å²) in [7, 11) is 0. The minimum Gasteiger partial charge on any atom is -0.392 e. The monoisotopic (exact) mass is 253 g/mol. The van der Waals surface area contributed by atoms with Gasteiger partial charge in [-0.1, -0.05) is 0 Å². The van der Waals surface area contributed by atoms with Crippen molar-refractivity contribution in [1.82, 2.24) is 5.32 Å². The molecule has 0 saturated heterocycles. The standard InChI is InChI=1S/C7H9F6NO2/c1-3(15)2-14-5(16)4(6(8,9)10)7(11,12)13/h3-4,15H,2H2,1H3,(H,14,16). The molecule has 0 aliphatic rings. The van der Waals surface area contributed by atoms with E-state index in [0.29, 0.717) is 0 Å². The number of amides is 1. The molecule has 0 radical (unpaired) electrons. The van der Waals surface area contributed by atoms with Crippen molar-refractivity contribution in [3.63, 3.8) is 0 Å². The molecule has 0 spiro atoms. The Labute approximate surface area is 86.4 Å². The smallest absolute Gasteiger partial charge is 0.392 e. The van der Waals surface area contributed by atoms with Crippen LogP contribution in [0.25, 0.3) is 0 Å². The summed E-state index contributed by atoms with van der Waals surface area (Å²) in [6.07, 6.45) is -12.6. The van der Waals surface area contributed by atoms with Crippen LogP contribution in [-0.4, -0.2) is 36.0 Å². The Kier molecular flexibility index (Phi) is 4.59. The first-order valence-corrected chi connectivity index (χ1v) is 4.05. The van der Waals surface area contributed by atoms with E-state index in [-0.39, 0.29) is 0 Å². The Hall–Kier alpha value is -0.990. The molecule has 0 heterocycles. The van der Waals surface area contributed by atoms with Crippen LogP contribution in [0.3, 0.4) is 0 Å². The van der Waals surface area contributed by atoms with Crippen molar-refractivity contribution in [3.05, 3.63) is 0 Å². The van der Waals surface area contributed by atoms with Gasteiger partial charge in [-0.05, 0) is 6.92 Å². The van der Waals surface area contributed by atoms with Crippen molar-refractivity contribution in [3.8, 4) is 0 Å². The molecule has 1 atom stereocenters. The summed E-state index contributed by atoms with van der Waals surface area (Å²) in [5.41, 5.74) is 0. The highest BCUT2D eigenvalue weighted by Crippen LogP contribution is 2.39. The second kappa shape index (κ2) is 4.89. The predicted molar refractivity (Wildman–Crippen MR) is 40.3 cm³/mol. The van der Waals surface area contributed by atoms with Crippen LogP contribution < -0.4 is 5.32 Å². The Bertz CT molecular complexity index is 232. The van der Waals surface area contributed by atoms with Gasteiger partial charge in [-0.25, -0.2) is 0 Å². The van der Waals surface area contributed by atoms with Gasteiger partial charge in [0, 0.05) is 6.54 Å². The van der Waals surface area contributed by atoms with E-state index < -0.39 is 36.8 Å². The molecule has 1 amide bonds. The minimum atomic E-state index is -5.71. The Morgan fingerprint density at radius 3 is 1.81 bits per heavy atom. The molecule has 0 aromatic heterocycles. The third kappa shape index (κ3) is 4.69. The average Bonchev–Trinajstić information content (AvgIpc) is 1.94. The van der Waals surface area contributed by atoms with Gasteiger partial charge in [-0.3, -0.25) is 4.79 Å². The van der Waals surface area contributed by atoms with Crippen LogP contribution in [0.2, 0.25) is 0 Å². The van der Waals surface area contributed by atoms with Crippen molar-refractivity contribution in [1.29, 1.82) is 0 Å². The molecule has 0 rings (SSSR count). The van der Waals surface area contributed by atoms with Crippen molar-refractivity contribution >= 4 is 5.91 Å². The Morgan fingerprint density at radius 1 is 1.19 bits per heavy atom. The molecule has 2 N–H and O–H groups in total. The van der Waals surface area contributed by atoms with Crippen LogP contribution >= 0.6 is 0 Å². The van der Waals surface area contributed by atoms with Gasteiger partial charge in [0.15, 0.2) is 0 Å². The van der Waals surface area contributed by atoms with E-state index in [2.05, 4.69) is 0 Å². The third-order valence-electron chi connectivity index (χ3n) is 1.49. The number of alkyl halides is 6. The summed E-state index contributed by atoms with van der Waals surface area (Å²) >= 11 is 0. The van der Waals surface area contributed by atoms with Gasteiger partial charge in [-0.2, -0.15) is 26.3 Å². The van der Waals surface area contributed by atoms with Crippen LogP contribution in [0.5, 0.6) is 0 Å². The molecule has 1 unspecified atom stereocenters. The lowest BCUT2D eigenvalue weighted by Gasteiger charge is -2.22. The second-order valence-corrected chi connectivity index (χ2v) is 3.11. The van der Waals surface area contributed by atoms with Gasteiger partial charge in [0.05, 0.1) is 6.10 Å². The fraction of sp³-hybridized carbons (Fsp3) is 0.857. The van der Waals surface area contributed by atoms with E-state index in [1.54, 1.807) is 0 Å². The minimum absolute atomic E-state index is 0.679. The van der Waals surface area contributed by atoms with Crippen molar-refractivity contribution in [2.45, 2.75) is 25.4 Å². The zero-order valence-electron chi connectivity index (χ0n) is 7.99. The summed E-state index contributed by atoms with van der Waals surface area (Å²) in [5, 5.41) is 9.98. The number of carbonyl (C=O) groups excluding carboxylic acids is 1. The van der Waals surface area contributed by atoms with Crippen LogP contribution in [0.15, 0.2) is 0 Å². The van der Waals surface area contributed by atoms with Gasteiger partial charge in [-0.15, -0.1) is 0 Å². The van der Waals surface area contributed by atoms with Gasteiger partial charge in [0.2, 0.25) is 11.8 Å². The van der Waals surface area contributed by atoms with E-state index in [1.165, 1.54) is 5.32 Å². The van der Waals surface area contributed by atoms with Gasteiger partial charge in [0.25, 0.3) is 0 Å². The Balaban J connectivity index is 4.74. The highest BCUT2D eigenvalue weighted by Gasteiger charge is 2.60. The number of nitrogens with one attached hydrogen (secondary N) is 1. The van der Waals surface area contributed by atoms with Crippen molar-refractivity contribution in [2.24, 2.45) is 5.92 Å². The molecule has 0 saturated carbocycles. The zero-order chi connectivity index (χ0) is 13.1. The summed E-state index contributed by atoms with van der Waals surface area (Å²) in [5.74, 6) is -6.29. The highest BCUT2D eigenvalue weighted by atomic mass is 19.4.